The van der Waals surface area contributed by atoms with Crippen molar-refractivity contribution in [1.29, 1.82) is 0 Å². The minimum absolute atomic E-state index is 0.0263. The van der Waals surface area contributed by atoms with Crippen LogP contribution in [0, 0.1) is 0 Å². The molecular formula is C64H106N2O4. The van der Waals surface area contributed by atoms with E-state index in [-0.39, 0.29) is 23.1 Å². The maximum Gasteiger partial charge on any atom is 0.236 e. The highest BCUT2D eigenvalue weighted by Gasteiger charge is 2.39. The zero-order valence-corrected chi connectivity index (χ0v) is 46.1. The molecule has 0 bridgehead atoms. The standard InChI is InChI=1S/C64H106N2O4/c1-5-9-13-17-21-25-29-33-37-41-49-65(50-42-38-34-30-26-22-18-14-10-6-2)55-45-47-57-59(53-55)69-63(61(57)67)64-62(68)58-48-46-56(54-60(58)70-64)66(51-43-39-35-31-27-23-19-15-11-7-3)52-44-40-36-32-28-24-20-16-12-8-4/h45-48,53-54H,5-44,49-52H2,1-4H3/b64-63+. The summed E-state index contributed by atoms with van der Waals surface area (Å²) in [6, 6.07) is 12.1. The molecule has 0 aromatic heterocycles. The molecule has 0 saturated carbocycles. The van der Waals surface area contributed by atoms with Crippen molar-refractivity contribution in [3.63, 3.8) is 0 Å². The number of ether oxygens (including phenoxy) is 2. The quantitative estimate of drug-likeness (QED) is 0.0487. The summed E-state index contributed by atoms with van der Waals surface area (Å²) >= 11 is 0. The minimum Gasteiger partial charge on any atom is -0.448 e. The Morgan fingerprint density at radius 2 is 0.514 bits per heavy atom. The van der Waals surface area contributed by atoms with Crippen molar-refractivity contribution in [3.05, 3.63) is 59.0 Å². The van der Waals surface area contributed by atoms with Crippen molar-refractivity contribution in [1.82, 2.24) is 0 Å². The van der Waals surface area contributed by atoms with Gasteiger partial charge in [0.25, 0.3) is 0 Å². The van der Waals surface area contributed by atoms with Crippen LogP contribution in [0.5, 0.6) is 11.5 Å². The number of ketones is 2. The molecule has 6 nitrogen and oxygen atoms in total. The number of fused-ring (bicyclic) bond motifs is 2. The minimum atomic E-state index is -0.266. The highest BCUT2D eigenvalue weighted by molar-refractivity contribution is 6.21. The summed E-state index contributed by atoms with van der Waals surface area (Å²) in [6.45, 7) is 13.2. The molecule has 0 atom stereocenters. The van der Waals surface area contributed by atoms with Crippen molar-refractivity contribution in [2.45, 2.75) is 285 Å². The topological polar surface area (TPSA) is 59.1 Å². The molecule has 0 spiro atoms. The van der Waals surface area contributed by atoms with E-state index >= 15 is 0 Å². The molecule has 2 aromatic carbocycles. The third-order valence-electron chi connectivity index (χ3n) is 15.3. The molecule has 0 saturated heterocycles. The zero-order chi connectivity index (χ0) is 49.7. The number of benzene rings is 2. The lowest BCUT2D eigenvalue weighted by molar-refractivity contribution is 0.0960. The van der Waals surface area contributed by atoms with Crippen LogP contribution in [0.2, 0.25) is 0 Å². The smallest absolute Gasteiger partial charge is 0.236 e. The maximum absolute atomic E-state index is 14.0. The molecule has 4 rings (SSSR count). The number of nitrogens with zero attached hydrogens (tertiary/aromatic N) is 2. The van der Waals surface area contributed by atoms with Gasteiger partial charge in [0.05, 0.1) is 11.1 Å². The molecule has 70 heavy (non-hydrogen) atoms. The fourth-order valence-corrected chi connectivity index (χ4v) is 10.7. The van der Waals surface area contributed by atoms with Gasteiger partial charge in [-0.3, -0.25) is 9.59 Å². The fraction of sp³-hybridized carbons (Fsp3) is 0.750. The summed E-state index contributed by atoms with van der Waals surface area (Å²) in [5, 5.41) is 0. The van der Waals surface area contributed by atoms with Crippen LogP contribution in [-0.4, -0.2) is 37.7 Å². The molecule has 2 aliphatic heterocycles. The predicted octanol–water partition coefficient (Wildman–Crippen LogP) is 20.0. The van der Waals surface area contributed by atoms with Gasteiger partial charge < -0.3 is 19.3 Å². The molecule has 0 amide bonds. The predicted molar refractivity (Wildman–Crippen MR) is 302 cm³/mol. The van der Waals surface area contributed by atoms with E-state index in [1.807, 2.05) is 24.3 Å². The van der Waals surface area contributed by atoms with Crippen LogP contribution in [0.3, 0.4) is 0 Å². The van der Waals surface area contributed by atoms with Crippen LogP contribution in [0.25, 0.3) is 0 Å². The van der Waals surface area contributed by atoms with Gasteiger partial charge in [-0.05, 0) is 49.9 Å². The number of hydrogen-bond donors (Lipinski definition) is 0. The number of anilines is 2. The number of carbonyl (C=O) groups is 2. The number of carbonyl (C=O) groups excluding carboxylic acids is 2. The second-order valence-corrected chi connectivity index (χ2v) is 21.6. The Hall–Kier alpha value is -3.28. The van der Waals surface area contributed by atoms with E-state index in [1.165, 1.54) is 231 Å². The van der Waals surface area contributed by atoms with Crippen LogP contribution in [0.4, 0.5) is 11.4 Å². The fourth-order valence-electron chi connectivity index (χ4n) is 10.7. The molecule has 0 radical (unpaired) electrons. The van der Waals surface area contributed by atoms with E-state index in [0.29, 0.717) is 22.6 Å². The largest absolute Gasteiger partial charge is 0.448 e. The third kappa shape index (κ3) is 23.1. The monoisotopic (exact) mass is 967 g/mol. The average Bonchev–Trinajstić information content (AvgIpc) is 3.88. The van der Waals surface area contributed by atoms with Crippen molar-refractivity contribution < 1.29 is 19.1 Å². The Labute approximate surface area is 431 Å². The van der Waals surface area contributed by atoms with Gasteiger partial charge in [-0.25, -0.2) is 0 Å². The number of unbranched alkanes of at least 4 members (excludes halogenated alkanes) is 36. The molecular weight excluding hydrogens is 861 g/mol. The Morgan fingerprint density at radius 1 is 0.300 bits per heavy atom. The van der Waals surface area contributed by atoms with E-state index in [2.05, 4.69) is 49.6 Å². The van der Waals surface area contributed by atoms with E-state index in [4.69, 9.17) is 9.47 Å². The van der Waals surface area contributed by atoms with E-state index in [0.717, 1.165) is 63.2 Å². The summed E-state index contributed by atoms with van der Waals surface area (Å²) in [5.41, 5.74) is 3.22. The normalized spacial score (nSPS) is 14.1. The van der Waals surface area contributed by atoms with Gasteiger partial charge >= 0.3 is 0 Å². The van der Waals surface area contributed by atoms with Gasteiger partial charge in [0.1, 0.15) is 11.5 Å². The van der Waals surface area contributed by atoms with E-state index in [1.54, 1.807) is 0 Å². The van der Waals surface area contributed by atoms with Crippen molar-refractivity contribution >= 4 is 22.9 Å². The Morgan fingerprint density at radius 3 is 0.743 bits per heavy atom. The first-order chi connectivity index (χ1) is 34.5. The molecule has 396 valence electrons. The van der Waals surface area contributed by atoms with Gasteiger partial charge in [0.15, 0.2) is 0 Å². The maximum atomic E-state index is 14.0. The number of allylic oxidation sites excluding steroid dienone is 2. The first-order valence-corrected chi connectivity index (χ1v) is 30.5. The van der Waals surface area contributed by atoms with Crippen molar-refractivity contribution in [2.24, 2.45) is 0 Å². The van der Waals surface area contributed by atoms with Gasteiger partial charge in [-0.1, -0.05) is 259 Å². The summed E-state index contributed by atoms with van der Waals surface area (Å²) in [5.74, 6) is 0.591. The van der Waals surface area contributed by atoms with Crippen LogP contribution in [-0.2, 0) is 0 Å². The Kier molecular flexibility index (Phi) is 32.5. The Bertz CT molecular complexity index is 1540. The van der Waals surface area contributed by atoms with Crippen molar-refractivity contribution in [2.75, 3.05) is 36.0 Å². The molecule has 6 heteroatoms. The molecule has 0 unspecified atom stereocenters. The summed E-state index contributed by atoms with van der Waals surface area (Å²) in [4.78, 5) is 33.0. The molecule has 0 aliphatic carbocycles. The second kappa shape index (κ2) is 38.4. The van der Waals surface area contributed by atoms with Crippen LogP contribution in [0.1, 0.15) is 305 Å². The summed E-state index contributed by atoms with van der Waals surface area (Å²) in [7, 11) is 0. The van der Waals surface area contributed by atoms with Gasteiger partial charge in [-0.2, -0.15) is 0 Å². The number of Topliss-reactive ketones (excluding diaryl/α,β-unsaturated/α-hetero) is 2. The summed E-state index contributed by atoms with van der Waals surface area (Å²) in [6.07, 6.45) is 52.9. The molecule has 0 fully saturated rings. The number of hydrogen-bond acceptors (Lipinski definition) is 6. The van der Waals surface area contributed by atoms with E-state index < -0.39 is 0 Å². The lowest BCUT2D eigenvalue weighted by Crippen LogP contribution is -2.25. The zero-order valence-electron chi connectivity index (χ0n) is 46.1. The van der Waals surface area contributed by atoms with Crippen LogP contribution < -0.4 is 19.3 Å². The lowest BCUT2D eigenvalue weighted by atomic mass is 10.0. The molecule has 0 N–H and O–H groups in total. The van der Waals surface area contributed by atoms with Crippen molar-refractivity contribution in [3.8, 4) is 11.5 Å². The molecule has 2 aliphatic rings. The third-order valence-corrected chi connectivity index (χ3v) is 15.3. The SMILES string of the molecule is CCCCCCCCCCCCN(CCCCCCCCCCCC)c1ccc2c(c1)O/C(=C1/Oc3cc(N(CCCCCCCCCCCC)CCCCCCCCCCCC)ccc3C1=O)C2=O. The first kappa shape index (κ1) is 59.3. The van der Waals surface area contributed by atoms with Gasteiger partial charge in [0.2, 0.25) is 23.1 Å². The highest BCUT2D eigenvalue weighted by atomic mass is 16.5. The molecule has 2 aromatic rings. The van der Waals surface area contributed by atoms with Crippen LogP contribution >= 0.6 is 0 Å². The Balaban J connectivity index is 1.36. The van der Waals surface area contributed by atoms with E-state index in [9.17, 15) is 9.59 Å². The highest BCUT2D eigenvalue weighted by Crippen LogP contribution is 2.41. The van der Waals surface area contributed by atoms with Gasteiger partial charge in [0, 0.05) is 49.7 Å². The first-order valence-electron chi connectivity index (χ1n) is 30.5. The summed E-state index contributed by atoms with van der Waals surface area (Å²) < 4.78 is 12.7. The number of rotatable bonds is 46. The second-order valence-electron chi connectivity index (χ2n) is 21.6. The van der Waals surface area contributed by atoms with Crippen LogP contribution in [0.15, 0.2) is 47.9 Å². The van der Waals surface area contributed by atoms with Gasteiger partial charge in [-0.15, -0.1) is 0 Å². The molecule has 2 heterocycles. The lowest BCUT2D eigenvalue weighted by Gasteiger charge is -2.25. The average molecular weight is 968 g/mol.